The van der Waals surface area contributed by atoms with Crippen molar-refractivity contribution >= 4 is 16.8 Å². The van der Waals surface area contributed by atoms with E-state index in [0.717, 1.165) is 11.6 Å². The number of aliphatic hydroxyl groups excluding tert-OH is 1. The topological polar surface area (TPSA) is 74.3 Å². The summed E-state index contributed by atoms with van der Waals surface area (Å²) in [5, 5.41) is 11.9. The van der Waals surface area contributed by atoms with Crippen LogP contribution >= 0.6 is 0 Å². The fraction of sp³-hybridized carbons (Fsp3) is 0.348. The van der Waals surface area contributed by atoms with Gasteiger partial charge in [-0.25, -0.2) is 13.2 Å². The lowest BCUT2D eigenvalue weighted by Gasteiger charge is -2.35. The highest BCUT2D eigenvalue weighted by Crippen LogP contribution is 2.48. The monoisotopic (exact) mass is 432 g/mol. The Balaban J connectivity index is 1.55. The quantitative estimate of drug-likeness (QED) is 0.473. The molecule has 0 aliphatic heterocycles. The van der Waals surface area contributed by atoms with Crippen LogP contribution in [0.1, 0.15) is 24.3 Å². The van der Waals surface area contributed by atoms with Crippen molar-refractivity contribution in [1.29, 1.82) is 0 Å². The minimum Gasteiger partial charge on any atom is -0.394 e. The van der Waals surface area contributed by atoms with E-state index in [1.807, 2.05) is 0 Å². The molecule has 0 radical (unpaired) electrons. The smallest absolute Gasteiger partial charge is 0.223 e. The molecule has 2 aromatic carbocycles. The first-order valence-electron chi connectivity index (χ1n) is 10.2. The van der Waals surface area contributed by atoms with Crippen molar-refractivity contribution < 1.29 is 27.8 Å². The Hall–Kier alpha value is -2.84. The molecule has 1 fully saturated rings. The Kier molecular flexibility index (Phi) is 6.29. The standard InChI is InChI=1S/C23H23F3N2O3/c24-16-3-1-13(2-4-16)21-20(18-11-17(25)12-19(26)22(18)28-21)14-9-15(10-14)23(30)27-5-7-31-8-6-29/h1-4,11-12,14-15,28-29H,5-10H2,(H,27,30). The van der Waals surface area contributed by atoms with Crippen molar-refractivity contribution in [2.75, 3.05) is 26.4 Å². The third-order valence-electron chi connectivity index (χ3n) is 5.70. The van der Waals surface area contributed by atoms with E-state index >= 15 is 0 Å². The van der Waals surface area contributed by atoms with E-state index in [2.05, 4.69) is 10.3 Å². The third-order valence-corrected chi connectivity index (χ3v) is 5.70. The molecule has 1 aliphatic rings. The van der Waals surface area contributed by atoms with Gasteiger partial charge in [0.1, 0.15) is 17.5 Å². The molecule has 5 nitrogen and oxygen atoms in total. The zero-order chi connectivity index (χ0) is 22.0. The number of benzene rings is 2. The SMILES string of the molecule is O=C(NCCOCCO)C1CC(c2c(-c3ccc(F)cc3)[nH]c3c(F)cc(F)cc23)C1. The number of amides is 1. The average Bonchev–Trinajstić information content (AvgIpc) is 3.07. The lowest BCUT2D eigenvalue weighted by Crippen LogP contribution is -2.39. The van der Waals surface area contributed by atoms with Crippen LogP contribution in [0.4, 0.5) is 13.2 Å². The maximum Gasteiger partial charge on any atom is 0.223 e. The fourth-order valence-electron chi connectivity index (χ4n) is 4.13. The second-order valence-electron chi connectivity index (χ2n) is 7.72. The van der Waals surface area contributed by atoms with E-state index in [1.165, 1.54) is 18.2 Å². The van der Waals surface area contributed by atoms with Gasteiger partial charge < -0.3 is 20.1 Å². The summed E-state index contributed by atoms with van der Waals surface area (Å²) in [4.78, 5) is 15.4. The number of halogens is 3. The fourth-order valence-corrected chi connectivity index (χ4v) is 4.13. The molecule has 4 rings (SSSR count). The summed E-state index contributed by atoms with van der Waals surface area (Å²) in [5.74, 6) is -2.11. The number of hydrogen-bond donors (Lipinski definition) is 3. The van der Waals surface area contributed by atoms with Crippen LogP contribution in [0.5, 0.6) is 0 Å². The molecule has 3 aromatic rings. The van der Waals surface area contributed by atoms with Crippen molar-refractivity contribution in [2.45, 2.75) is 18.8 Å². The van der Waals surface area contributed by atoms with Gasteiger partial charge >= 0.3 is 0 Å². The Morgan fingerprint density at radius 1 is 1.10 bits per heavy atom. The highest BCUT2D eigenvalue weighted by atomic mass is 19.1. The normalized spacial score (nSPS) is 18.2. The lowest BCUT2D eigenvalue weighted by molar-refractivity contribution is -0.128. The molecule has 0 unspecified atom stereocenters. The number of aliphatic hydroxyl groups is 1. The third kappa shape index (κ3) is 4.45. The van der Waals surface area contributed by atoms with E-state index < -0.39 is 11.6 Å². The lowest BCUT2D eigenvalue weighted by atomic mass is 9.70. The van der Waals surface area contributed by atoms with Crippen LogP contribution in [-0.4, -0.2) is 42.4 Å². The highest BCUT2D eigenvalue weighted by molar-refractivity contribution is 5.92. The predicted molar refractivity (Wildman–Crippen MR) is 110 cm³/mol. The van der Waals surface area contributed by atoms with E-state index in [-0.39, 0.29) is 42.3 Å². The molecule has 0 atom stereocenters. The number of carbonyl (C=O) groups excluding carboxylic acids is 1. The highest BCUT2D eigenvalue weighted by Gasteiger charge is 2.38. The maximum atomic E-state index is 14.4. The zero-order valence-corrected chi connectivity index (χ0v) is 16.8. The van der Waals surface area contributed by atoms with E-state index in [0.29, 0.717) is 42.6 Å². The number of aromatic nitrogens is 1. The van der Waals surface area contributed by atoms with E-state index in [1.54, 1.807) is 12.1 Å². The molecule has 0 bridgehead atoms. The number of carbonyl (C=O) groups is 1. The van der Waals surface area contributed by atoms with E-state index in [4.69, 9.17) is 9.84 Å². The van der Waals surface area contributed by atoms with Gasteiger partial charge in [0.2, 0.25) is 5.91 Å². The van der Waals surface area contributed by atoms with Gasteiger partial charge in [0.25, 0.3) is 0 Å². The van der Waals surface area contributed by atoms with Gasteiger partial charge in [0.15, 0.2) is 0 Å². The largest absolute Gasteiger partial charge is 0.394 e. The molecule has 31 heavy (non-hydrogen) atoms. The van der Waals surface area contributed by atoms with Crippen molar-refractivity contribution in [3.05, 3.63) is 59.4 Å². The second-order valence-corrected chi connectivity index (χ2v) is 7.72. The molecule has 0 spiro atoms. The summed E-state index contributed by atoms with van der Waals surface area (Å²) in [7, 11) is 0. The molecule has 1 saturated carbocycles. The average molecular weight is 432 g/mol. The van der Waals surface area contributed by atoms with Crippen LogP contribution in [0.3, 0.4) is 0 Å². The van der Waals surface area contributed by atoms with Gasteiger partial charge in [-0.3, -0.25) is 4.79 Å². The molecule has 8 heteroatoms. The van der Waals surface area contributed by atoms with Gasteiger partial charge in [-0.15, -0.1) is 0 Å². The maximum absolute atomic E-state index is 14.4. The Morgan fingerprint density at radius 2 is 1.84 bits per heavy atom. The Morgan fingerprint density at radius 3 is 2.55 bits per heavy atom. The molecule has 3 N–H and O–H groups in total. The number of H-pyrrole nitrogens is 1. The number of aromatic amines is 1. The van der Waals surface area contributed by atoms with Crippen LogP contribution in [0.2, 0.25) is 0 Å². The predicted octanol–water partition coefficient (Wildman–Crippen LogP) is 3.87. The first-order chi connectivity index (χ1) is 15.0. The van der Waals surface area contributed by atoms with Crippen LogP contribution in [0.25, 0.3) is 22.2 Å². The molecule has 1 amide bonds. The molecular formula is C23H23F3N2O3. The van der Waals surface area contributed by atoms with Gasteiger partial charge in [-0.2, -0.15) is 0 Å². The van der Waals surface area contributed by atoms with E-state index in [9.17, 15) is 18.0 Å². The van der Waals surface area contributed by atoms with Gasteiger partial charge in [-0.1, -0.05) is 0 Å². The van der Waals surface area contributed by atoms with Crippen molar-refractivity contribution in [3.8, 4) is 11.3 Å². The minimum absolute atomic E-state index is 0.0589. The van der Waals surface area contributed by atoms with Crippen LogP contribution in [-0.2, 0) is 9.53 Å². The number of hydrogen-bond acceptors (Lipinski definition) is 3. The van der Waals surface area contributed by atoms with Crippen molar-refractivity contribution in [3.63, 3.8) is 0 Å². The number of ether oxygens (including phenoxy) is 1. The number of nitrogens with one attached hydrogen (secondary N) is 2. The summed E-state index contributed by atoms with van der Waals surface area (Å²) in [6.45, 7) is 0.824. The van der Waals surface area contributed by atoms with Gasteiger partial charge in [-0.05, 0) is 60.2 Å². The summed E-state index contributed by atoms with van der Waals surface area (Å²) >= 11 is 0. The van der Waals surface area contributed by atoms with Crippen LogP contribution in [0.15, 0.2) is 36.4 Å². The summed E-state index contributed by atoms with van der Waals surface area (Å²) in [6, 6.07) is 7.94. The second kappa shape index (κ2) is 9.11. The van der Waals surface area contributed by atoms with Crippen LogP contribution < -0.4 is 5.32 Å². The summed E-state index contributed by atoms with van der Waals surface area (Å²) < 4.78 is 46.9. The minimum atomic E-state index is -0.693. The number of fused-ring (bicyclic) bond motifs is 1. The van der Waals surface area contributed by atoms with Gasteiger partial charge in [0, 0.05) is 23.9 Å². The molecule has 1 aromatic heterocycles. The number of rotatable bonds is 8. The van der Waals surface area contributed by atoms with Crippen LogP contribution in [0, 0.1) is 23.4 Å². The van der Waals surface area contributed by atoms with Crippen molar-refractivity contribution in [2.24, 2.45) is 5.92 Å². The first-order valence-corrected chi connectivity index (χ1v) is 10.2. The Bertz CT molecular complexity index is 1080. The molecule has 1 aliphatic carbocycles. The zero-order valence-electron chi connectivity index (χ0n) is 16.8. The molecule has 0 saturated heterocycles. The summed E-state index contributed by atoms with van der Waals surface area (Å²) in [5.41, 5.74) is 2.22. The summed E-state index contributed by atoms with van der Waals surface area (Å²) in [6.07, 6.45) is 1.09. The molecule has 1 heterocycles. The Labute approximate surface area is 177 Å². The van der Waals surface area contributed by atoms with Gasteiger partial charge in [0.05, 0.1) is 31.0 Å². The first kappa shape index (κ1) is 21.4. The molecular weight excluding hydrogens is 409 g/mol. The van der Waals surface area contributed by atoms with Crippen molar-refractivity contribution in [1.82, 2.24) is 10.3 Å². The molecule has 164 valence electrons.